The van der Waals surface area contributed by atoms with Crippen LogP contribution < -0.4 is 10.2 Å². The van der Waals surface area contributed by atoms with E-state index in [9.17, 15) is 4.79 Å². The number of ether oxygens (including phenoxy) is 1. The molecular formula is C21H22N4O2. The molecule has 0 saturated carbocycles. The van der Waals surface area contributed by atoms with Crippen molar-refractivity contribution in [1.29, 1.82) is 0 Å². The molecule has 1 amide bonds. The molecule has 0 bridgehead atoms. The highest BCUT2D eigenvalue weighted by atomic mass is 16.5. The van der Waals surface area contributed by atoms with Crippen molar-refractivity contribution in [2.24, 2.45) is 0 Å². The van der Waals surface area contributed by atoms with Gasteiger partial charge in [0.1, 0.15) is 5.69 Å². The second-order valence-electron chi connectivity index (χ2n) is 6.63. The van der Waals surface area contributed by atoms with Gasteiger partial charge in [-0.25, -0.2) is 0 Å². The summed E-state index contributed by atoms with van der Waals surface area (Å²) in [4.78, 5) is 14.8. The lowest BCUT2D eigenvalue weighted by molar-refractivity contribution is 0.102. The molecule has 0 aliphatic carbocycles. The third-order valence-corrected chi connectivity index (χ3v) is 4.67. The van der Waals surface area contributed by atoms with Gasteiger partial charge in [0.05, 0.1) is 18.9 Å². The highest BCUT2D eigenvalue weighted by Gasteiger charge is 2.13. The number of hydrogen-bond acceptors (Lipinski definition) is 4. The summed E-state index contributed by atoms with van der Waals surface area (Å²) in [6.45, 7) is 5.32. The lowest BCUT2D eigenvalue weighted by Gasteiger charge is -2.28. The normalized spacial score (nSPS) is 14.2. The highest BCUT2D eigenvalue weighted by molar-refractivity contribution is 6.03. The quantitative estimate of drug-likeness (QED) is 0.746. The number of aryl methyl sites for hydroxylation is 1. The van der Waals surface area contributed by atoms with E-state index >= 15 is 0 Å². The van der Waals surface area contributed by atoms with Crippen LogP contribution in [-0.2, 0) is 4.74 Å². The Kier molecular flexibility index (Phi) is 4.89. The number of benzene rings is 2. The number of amides is 1. The number of nitrogens with one attached hydrogen (secondary N) is 2. The van der Waals surface area contributed by atoms with E-state index < -0.39 is 0 Å². The van der Waals surface area contributed by atoms with Crippen molar-refractivity contribution in [1.82, 2.24) is 10.2 Å². The summed E-state index contributed by atoms with van der Waals surface area (Å²) in [5, 5.41) is 9.98. The van der Waals surface area contributed by atoms with Crippen LogP contribution in [0.3, 0.4) is 0 Å². The van der Waals surface area contributed by atoms with Crippen LogP contribution in [0.2, 0.25) is 0 Å². The Labute approximate surface area is 158 Å². The van der Waals surface area contributed by atoms with Crippen LogP contribution in [0, 0.1) is 6.92 Å². The molecule has 1 saturated heterocycles. The maximum absolute atomic E-state index is 12.5. The molecular weight excluding hydrogens is 340 g/mol. The summed E-state index contributed by atoms with van der Waals surface area (Å²) < 4.78 is 5.38. The average Bonchev–Trinajstić information content (AvgIpc) is 3.20. The molecule has 1 aromatic heterocycles. The number of carbonyl (C=O) groups excluding carboxylic acids is 1. The van der Waals surface area contributed by atoms with Crippen molar-refractivity contribution in [2.45, 2.75) is 6.92 Å². The van der Waals surface area contributed by atoms with Gasteiger partial charge in [0, 0.05) is 30.0 Å². The van der Waals surface area contributed by atoms with Gasteiger partial charge in [0.25, 0.3) is 5.91 Å². The molecule has 3 aromatic rings. The number of aromatic amines is 1. The van der Waals surface area contributed by atoms with Crippen molar-refractivity contribution >= 4 is 17.3 Å². The zero-order chi connectivity index (χ0) is 18.6. The summed E-state index contributed by atoms with van der Waals surface area (Å²) in [5.41, 5.74) is 5.24. The van der Waals surface area contributed by atoms with Gasteiger partial charge in [-0.2, -0.15) is 5.10 Å². The van der Waals surface area contributed by atoms with Crippen LogP contribution in [0.25, 0.3) is 11.3 Å². The Balaban J connectivity index is 1.42. The van der Waals surface area contributed by atoms with Gasteiger partial charge in [0.2, 0.25) is 0 Å². The van der Waals surface area contributed by atoms with Crippen LogP contribution in [0.4, 0.5) is 11.4 Å². The van der Waals surface area contributed by atoms with Gasteiger partial charge in [-0.15, -0.1) is 0 Å². The standard InChI is InChI=1S/C21H22N4O2/c1-15-2-4-16(5-3-15)19-14-20(24-23-19)21(26)22-17-6-8-18(9-7-17)25-10-12-27-13-11-25/h2-9,14H,10-13H2,1H3,(H,22,26)(H,23,24). The molecule has 4 rings (SSSR count). The smallest absolute Gasteiger partial charge is 0.273 e. The van der Waals surface area contributed by atoms with E-state index in [0.717, 1.165) is 48.9 Å². The minimum Gasteiger partial charge on any atom is -0.378 e. The van der Waals surface area contributed by atoms with Gasteiger partial charge >= 0.3 is 0 Å². The van der Waals surface area contributed by atoms with E-state index in [2.05, 4.69) is 20.4 Å². The Morgan fingerprint density at radius 2 is 1.78 bits per heavy atom. The highest BCUT2D eigenvalue weighted by Crippen LogP contribution is 2.21. The third kappa shape index (κ3) is 4.01. The molecule has 6 heteroatoms. The number of nitrogens with zero attached hydrogens (tertiary/aromatic N) is 2. The fourth-order valence-corrected chi connectivity index (χ4v) is 3.09. The molecule has 0 radical (unpaired) electrons. The number of rotatable bonds is 4. The number of H-pyrrole nitrogens is 1. The molecule has 6 nitrogen and oxygen atoms in total. The van der Waals surface area contributed by atoms with Crippen molar-refractivity contribution in [2.75, 3.05) is 36.5 Å². The maximum Gasteiger partial charge on any atom is 0.273 e. The van der Waals surface area contributed by atoms with Crippen LogP contribution >= 0.6 is 0 Å². The Bertz CT molecular complexity index is 910. The molecule has 0 spiro atoms. The lowest BCUT2D eigenvalue weighted by atomic mass is 10.1. The summed E-state index contributed by atoms with van der Waals surface area (Å²) in [6.07, 6.45) is 0. The van der Waals surface area contributed by atoms with Crippen molar-refractivity contribution in [3.05, 3.63) is 65.9 Å². The second-order valence-corrected chi connectivity index (χ2v) is 6.63. The topological polar surface area (TPSA) is 70.2 Å². The number of aromatic nitrogens is 2. The summed E-state index contributed by atoms with van der Waals surface area (Å²) >= 11 is 0. The van der Waals surface area contributed by atoms with Crippen LogP contribution in [-0.4, -0.2) is 42.4 Å². The molecule has 2 N–H and O–H groups in total. The van der Waals surface area contributed by atoms with Crippen molar-refractivity contribution in [3.63, 3.8) is 0 Å². The SMILES string of the molecule is Cc1ccc(-c2cc(C(=O)Nc3ccc(N4CCOCC4)cc3)[nH]n2)cc1. The monoisotopic (exact) mass is 362 g/mol. The first-order valence-electron chi connectivity index (χ1n) is 9.05. The first-order valence-corrected chi connectivity index (χ1v) is 9.05. The largest absolute Gasteiger partial charge is 0.378 e. The predicted molar refractivity (Wildman–Crippen MR) is 106 cm³/mol. The van der Waals surface area contributed by atoms with Crippen molar-refractivity contribution in [3.8, 4) is 11.3 Å². The van der Waals surface area contributed by atoms with Gasteiger partial charge in [-0.1, -0.05) is 29.8 Å². The Hall–Kier alpha value is -3.12. The number of anilines is 2. The van der Waals surface area contributed by atoms with Crippen LogP contribution in [0.15, 0.2) is 54.6 Å². The van der Waals surface area contributed by atoms with Gasteiger partial charge < -0.3 is 15.0 Å². The van der Waals surface area contributed by atoms with E-state index in [1.807, 2.05) is 55.5 Å². The molecule has 1 aliphatic heterocycles. The fourth-order valence-electron chi connectivity index (χ4n) is 3.09. The molecule has 0 unspecified atom stereocenters. The Morgan fingerprint density at radius 1 is 1.07 bits per heavy atom. The zero-order valence-corrected chi connectivity index (χ0v) is 15.2. The number of hydrogen-bond donors (Lipinski definition) is 2. The first kappa shape index (κ1) is 17.3. The van der Waals surface area contributed by atoms with E-state index in [1.165, 1.54) is 5.56 Å². The molecule has 2 aromatic carbocycles. The molecule has 1 fully saturated rings. The van der Waals surface area contributed by atoms with Crippen LogP contribution in [0.1, 0.15) is 16.1 Å². The molecule has 2 heterocycles. The van der Waals surface area contributed by atoms with Gasteiger partial charge in [-0.3, -0.25) is 9.89 Å². The first-order chi connectivity index (χ1) is 13.2. The van der Waals surface area contributed by atoms with Crippen LogP contribution in [0.5, 0.6) is 0 Å². The molecule has 27 heavy (non-hydrogen) atoms. The zero-order valence-electron chi connectivity index (χ0n) is 15.2. The summed E-state index contributed by atoms with van der Waals surface area (Å²) in [7, 11) is 0. The Morgan fingerprint density at radius 3 is 2.48 bits per heavy atom. The third-order valence-electron chi connectivity index (χ3n) is 4.67. The molecule has 138 valence electrons. The second kappa shape index (κ2) is 7.63. The summed E-state index contributed by atoms with van der Waals surface area (Å²) in [5.74, 6) is -0.208. The molecule has 0 atom stereocenters. The average molecular weight is 362 g/mol. The molecule has 1 aliphatic rings. The van der Waals surface area contributed by atoms with E-state index in [4.69, 9.17) is 4.74 Å². The van der Waals surface area contributed by atoms with E-state index in [1.54, 1.807) is 6.07 Å². The fraction of sp³-hybridized carbons (Fsp3) is 0.238. The van der Waals surface area contributed by atoms with E-state index in [0.29, 0.717) is 5.69 Å². The van der Waals surface area contributed by atoms with Gasteiger partial charge in [0.15, 0.2) is 0 Å². The maximum atomic E-state index is 12.5. The van der Waals surface area contributed by atoms with E-state index in [-0.39, 0.29) is 5.91 Å². The number of carbonyl (C=O) groups is 1. The minimum atomic E-state index is -0.208. The van der Waals surface area contributed by atoms with Crippen molar-refractivity contribution < 1.29 is 9.53 Å². The lowest BCUT2D eigenvalue weighted by Crippen LogP contribution is -2.36. The predicted octanol–water partition coefficient (Wildman–Crippen LogP) is 3.47. The van der Waals surface area contributed by atoms with Gasteiger partial charge in [-0.05, 0) is 37.3 Å². The summed E-state index contributed by atoms with van der Waals surface area (Å²) in [6, 6.07) is 17.7. The number of morpholine rings is 1. The minimum absolute atomic E-state index is 0.208.